The van der Waals surface area contributed by atoms with Crippen LogP contribution in [0.15, 0.2) is 72.8 Å². The van der Waals surface area contributed by atoms with Gasteiger partial charge in [-0.2, -0.15) is 0 Å². The smallest absolute Gasteiger partial charge is 0.161 e. The molecule has 0 N–H and O–H groups in total. The molecule has 33 heavy (non-hydrogen) atoms. The van der Waals surface area contributed by atoms with Gasteiger partial charge >= 0.3 is 0 Å². The van der Waals surface area contributed by atoms with E-state index in [1.165, 1.54) is 0 Å². The van der Waals surface area contributed by atoms with E-state index in [0.717, 1.165) is 31.2 Å². The van der Waals surface area contributed by atoms with Gasteiger partial charge in [-0.1, -0.05) is 61.5 Å². The van der Waals surface area contributed by atoms with Crippen LogP contribution in [-0.4, -0.2) is 19.0 Å². The Bertz CT molecular complexity index is 1030. The SMILES string of the molecule is C=CCCC1CCC(c2ccc(-c3ccc(C4=CC=C(CC)C(F)C4F)cc3)c(F)c2)OC1. The molecule has 0 radical (unpaired) electrons. The Labute approximate surface area is 194 Å². The summed E-state index contributed by atoms with van der Waals surface area (Å²) in [4.78, 5) is 0. The summed E-state index contributed by atoms with van der Waals surface area (Å²) in [5, 5.41) is 0. The van der Waals surface area contributed by atoms with Gasteiger partial charge in [-0.25, -0.2) is 13.2 Å². The maximum atomic E-state index is 15.0. The lowest BCUT2D eigenvalue weighted by Crippen LogP contribution is -2.23. The maximum Gasteiger partial charge on any atom is 0.161 e. The molecular formula is C29H31F3O. The molecular weight excluding hydrogens is 421 g/mol. The average Bonchev–Trinajstić information content (AvgIpc) is 2.85. The zero-order chi connectivity index (χ0) is 23.4. The van der Waals surface area contributed by atoms with Gasteiger partial charge < -0.3 is 4.74 Å². The Morgan fingerprint density at radius 3 is 2.39 bits per heavy atom. The zero-order valence-corrected chi connectivity index (χ0v) is 19.1. The van der Waals surface area contributed by atoms with E-state index in [0.29, 0.717) is 46.8 Å². The Morgan fingerprint density at radius 2 is 1.76 bits per heavy atom. The topological polar surface area (TPSA) is 9.23 Å². The first-order valence-corrected chi connectivity index (χ1v) is 11.8. The van der Waals surface area contributed by atoms with Crippen molar-refractivity contribution in [3.63, 3.8) is 0 Å². The van der Waals surface area contributed by atoms with Crippen LogP contribution in [0.3, 0.4) is 0 Å². The summed E-state index contributed by atoms with van der Waals surface area (Å²) in [6.07, 6.45) is 6.40. The van der Waals surface area contributed by atoms with Gasteiger partial charge in [0.2, 0.25) is 0 Å². The van der Waals surface area contributed by atoms with Gasteiger partial charge in [0, 0.05) is 5.56 Å². The summed E-state index contributed by atoms with van der Waals surface area (Å²) in [6, 6.07) is 12.2. The molecule has 1 heterocycles. The second-order valence-electron chi connectivity index (χ2n) is 8.97. The number of allylic oxidation sites excluding steroid dienone is 5. The monoisotopic (exact) mass is 452 g/mol. The Balaban J connectivity index is 1.46. The molecule has 1 nitrogen and oxygen atoms in total. The molecule has 0 aromatic heterocycles. The maximum absolute atomic E-state index is 15.0. The molecule has 0 spiro atoms. The van der Waals surface area contributed by atoms with Crippen molar-refractivity contribution in [2.75, 3.05) is 6.61 Å². The Kier molecular flexibility index (Phi) is 7.54. The van der Waals surface area contributed by atoms with Crippen molar-refractivity contribution in [2.45, 2.75) is 57.5 Å². The normalized spacial score (nSPS) is 25.3. The van der Waals surface area contributed by atoms with E-state index in [1.807, 2.05) is 19.1 Å². The summed E-state index contributed by atoms with van der Waals surface area (Å²) in [5.41, 5.74) is 3.44. The number of benzene rings is 2. The highest BCUT2D eigenvalue weighted by Crippen LogP contribution is 2.36. The molecule has 0 saturated carbocycles. The number of hydrogen-bond donors (Lipinski definition) is 0. The predicted octanol–water partition coefficient (Wildman–Crippen LogP) is 8.34. The second-order valence-corrected chi connectivity index (χ2v) is 8.97. The molecule has 0 amide bonds. The van der Waals surface area contributed by atoms with E-state index in [9.17, 15) is 13.2 Å². The van der Waals surface area contributed by atoms with E-state index in [2.05, 4.69) is 6.58 Å². The van der Waals surface area contributed by atoms with Crippen molar-refractivity contribution < 1.29 is 17.9 Å². The van der Waals surface area contributed by atoms with Crippen LogP contribution in [0.1, 0.15) is 56.3 Å². The highest BCUT2D eigenvalue weighted by atomic mass is 19.2. The van der Waals surface area contributed by atoms with Gasteiger partial charge in [0.15, 0.2) is 12.3 Å². The highest BCUT2D eigenvalue weighted by molar-refractivity contribution is 5.75. The molecule has 2 aromatic carbocycles. The number of ether oxygens (including phenoxy) is 1. The van der Waals surface area contributed by atoms with Crippen molar-refractivity contribution >= 4 is 5.57 Å². The van der Waals surface area contributed by atoms with Gasteiger partial charge in [-0.3, -0.25) is 0 Å². The fourth-order valence-corrected chi connectivity index (χ4v) is 4.75. The van der Waals surface area contributed by atoms with Crippen LogP contribution >= 0.6 is 0 Å². The van der Waals surface area contributed by atoms with Crippen LogP contribution in [0.25, 0.3) is 16.7 Å². The summed E-state index contributed by atoms with van der Waals surface area (Å²) in [7, 11) is 0. The third-order valence-electron chi connectivity index (χ3n) is 6.84. The lowest BCUT2D eigenvalue weighted by molar-refractivity contribution is -0.0191. The average molecular weight is 453 g/mol. The van der Waals surface area contributed by atoms with Crippen LogP contribution in [0.4, 0.5) is 13.2 Å². The zero-order valence-electron chi connectivity index (χ0n) is 19.1. The van der Waals surface area contributed by atoms with E-state index in [1.54, 1.807) is 48.6 Å². The van der Waals surface area contributed by atoms with Crippen molar-refractivity contribution in [1.82, 2.24) is 0 Å². The summed E-state index contributed by atoms with van der Waals surface area (Å²) in [6.45, 7) is 6.29. The second kappa shape index (κ2) is 10.6. The quantitative estimate of drug-likeness (QED) is 0.384. The fraction of sp³-hybridized carbons (Fsp3) is 0.379. The molecule has 1 aliphatic heterocycles. The molecule has 0 bridgehead atoms. The van der Waals surface area contributed by atoms with Crippen LogP contribution in [0.5, 0.6) is 0 Å². The van der Waals surface area contributed by atoms with Crippen LogP contribution in [0, 0.1) is 11.7 Å². The number of hydrogen-bond acceptors (Lipinski definition) is 1. The molecule has 174 valence electrons. The lowest BCUT2D eigenvalue weighted by atomic mass is 9.88. The standard InChI is InChI=1S/C29H31F3O/c1-3-5-6-19-7-16-27(33-18-19)23-13-14-24(26(30)17-23)21-8-10-22(11-9-21)25-15-12-20(4-2)28(31)29(25)32/h3,8-15,17,19,27-29H,1,4-7,16,18H2,2H3. The predicted molar refractivity (Wildman–Crippen MR) is 129 cm³/mol. The van der Waals surface area contributed by atoms with Crippen molar-refractivity contribution in [3.8, 4) is 11.1 Å². The number of alkyl halides is 2. The highest BCUT2D eigenvalue weighted by Gasteiger charge is 2.30. The van der Waals surface area contributed by atoms with Gasteiger partial charge in [-0.15, -0.1) is 6.58 Å². The summed E-state index contributed by atoms with van der Waals surface area (Å²) in [5.74, 6) is 0.235. The van der Waals surface area contributed by atoms with Crippen molar-refractivity contribution in [2.24, 2.45) is 5.92 Å². The van der Waals surface area contributed by atoms with Crippen LogP contribution in [-0.2, 0) is 4.74 Å². The first-order chi connectivity index (χ1) is 16.0. The fourth-order valence-electron chi connectivity index (χ4n) is 4.75. The lowest BCUT2D eigenvalue weighted by Gasteiger charge is -2.29. The van der Waals surface area contributed by atoms with Crippen molar-refractivity contribution in [3.05, 3.63) is 89.8 Å². The van der Waals surface area contributed by atoms with Gasteiger partial charge in [0.1, 0.15) is 5.82 Å². The summed E-state index contributed by atoms with van der Waals surface area (Å²) < 4.78 is 49.9. The molecule has 1 aliphatic carbocycles. The largest absolute Gasteiger partial charge is 0.373 e. The molecule has 1 saturated heterocycles. The Hall–Kier alpha value is -2.59. The van der Waals surface area contributed by atoms with Gasteiger partial charge in [0.25, 0.3) is 0 Å². The van der Waals surface area contributed by atoms with Crippen molar-refractivity contribution in [1.29, 1.82) is 0 Å². The van der Waals surface area contributed by atoms with Crippen LogP contribution < -0.4 is 0 Å². The number of halogens is 3. The van der Waals surface area contributed by atoms with E-state index in [-0.39, 0.29) is 11.9 Å². The first-order valence-electron chi connectivity index (χ1n) is 11.8. The Morgan fingerprint density at radius 1 is 1.00 bits per heavy atom. The third kappa shape index (κ3) is 5.16. The van der Waals surface area contributed by atoms with Gasteiger partial charge in [-0.05, 0) is 71.9 Å². The molecule has 4 atom stereocenters. The van der Waals surface area contributed by atoms with E-state index in [4.69, 9.17) is 4.74 Å². The first kappa shape index (κ1) is 23.6. The molecule has 2 aliphatic rings. The van der Waals surface area contributed by atoms with E-state index < -0.39 is 12.3 Å². The molecule has 4 heteroatoms. The third-order valence-corrected chi connectivity index (χ3v) is 6.84. The molecule has 4 rings (SSSR count). The molecule has 1 fully saturated rings. The summed E-state index contributed by atoms with van der Waals surface area (Å²) >= 11 is 0. The molecule has 2 aromatic rings. The van der Waals surface area contributed by atoms with Crippen LogP contribution in [0.2, 0.25) is 0 Å². The molecule has 4 unspecified atom stereocenters. The van der Waals surface area contributed by atoms with Gasteiger partial charge in [0.05, 0.1) is 12.7 Å². The number of rotatable bonds is 7. The van der Waals surface area contributed by atoms with E-state index >= 15 is 0 Å². The minimum atomic E-state index is -1.68. The minimum absolute atomic E-state index is 0.0784. The minimum Gasteiger partial charge on any atom is -0.373 e.